The molecule has 0 fully saturated rings. The minimum atomic E-state index is -0.364. The van der Waals surface area contributed by atoms with Gasteiger partial charge in [0.05, 0.1) is 11.6 Å². The minimum absolute atomic E-state index is 0.259. The molecule has 2 aromatic carbocycles. The van der Waals surface area contributed by atoms with Gasteiger partial charge in [0.25, 0.3) is 0 Å². The first-order valence-electron chi connectivity index (χ1n) is 5.60. The molecule has 0 bridgehead atoms. The number of benzene rings is 2. The maximum atomic E-state index is 13.3. The van der Waals surface area contributed by atoms with Crippen molar-refractivity contribution in [3.05, 3.63) is 52.3 Å². The van der Waals surface area contributed by atoms with Crippen LogP contribution in [0.15, 0.2) is 40.9 Å². The van der Waals surface area contributed by atoms with Gasteiger partial charge in [0.2, 0.25) is 0 Å². The van der Waals surface area contributed by atoms with Crippen molar-refractivity contribution in [2.24, 2.45) is 0 Å². The zero-order valence-corrected chi connectivity index (χ0v) is 11.9. The number of nitrogens with two attached hydrogens (primary N) is 1. The van der Waals surface area contributed by atoms with E-state index in [-0.39, 0.29) is 12.4 Å². The van der Waals surface area contributed by atoms with Crippen molar-refractivity contribution in [2.45, 2.75) is 6.61 Å². The first-order valence-corrected chi connectivity index (χ1v) is 6.39. The monoisotopic (exact) mass is 325 g/mol. The molecule has 0 aromatic heterocycles. The highest BCUT2D eigenvalue weighted by Crippen LogP contribution is 2.25. The highest BCUT2D eigenvalue weighted by atomic mass is 79.9. The zero-order chi connectivity index (χ0) is 13.8. The number of nitrogen functional groups attached to an aromatic ring is 1. The van der Waals surface area contributed by atoms with Gasteiger partial charge in [0.1, 0.15) is 23.9 Å². The number of rotatable bonds is 4. The molecule has 0 amide bonds. The van der Waals surface area contributed by atoms with Crippen molar-refractivity contribution in [1.82, 2.24) is 0 Å². The van der Waals surface area contributed by atoms with Crippen LogP contribution < -0.4 is 15.2 Å². The lowest BCUT2D eigenvalue weighted by Gasteiger charge is -2.11. The Labute approximate surface area is 119 Å². The van der Waals surface area contributed by atoms with Crippen LogP contribution in [0.2, 0.25) is 0 Å². The molecule has 0 aliphatic rings. The van der Waals surface area contributed by atoms with Crippen LogP contribution in [0.3, 0.4) is 0 Å². The van der Waals surface area contributed by atoms with Gasteiger partial charge in [-0.05, 0) is 46.3 Å². The number of ether oxygens (including phenoxy) is 2. The van der Waals surface area contributed by atoms with E-state index in [9.17, 15) is 4.39 Å². The van der Waals surface area contributed by atoms with E-state index >= 15 is 0 Å². The van der Waals surface area contributed by atoms with E-state index in [1.807, 2.05) is 0 Å². The molecule has 19 heavy (non-hydrogen) atoms. The Bertz CT molecular complexity index is 590. The Morgan fingerprint density at radius 3 is 2.68 bits per heavy atom. The molecule has 0 heterocycles. The SMILES string of the molecule is COc1ccc(N)cc1COc1ccc(Br)c(F)c1. The quantitative estimate of drug-likeness (QED) is 0.870. The maximum Gasteiger partial charge on any atom is 0.141 e. The minimum Gasteiger partial charge on any atom is -0.496 e. The second-order valence-corrected chi connectivity index (χ2v) is 4.79. The summed E-state index contributed by atoms with van der Waals surface area (Å²) < 4.78 is 24.5. The van der Waals surface area contributed by atoms with Crippen LogP contribution >= 0.6 is 15.9 Å². The molecular weight excluding hydrogens is 313 g/mol. The van der Waals surface area contributed by atoms with E-state index < -0.39 is 0 Å². The van der Waals surface area contributed by atoms with E-state index in [1.54, 1.807) is 37.4 Å². The van der Waals surface area contributed by atoms with Gasteiger partial charge in [-0.15, -0.1) is 0 Å². The zero-order valence-electron chi connectivity index (χ0n) is 10.3. The number of methoxy groups -OCH3 is 1. The summed E-state index contributed by atoms with van der Waals surface area (Å²) in [4.78, 5) is 0. The summed E-state index contributed by atoms with van der Waals surface area (Å²) in [5.41, 5.74) is 7.16. The first kappa shape index (κ1) is 13.7. The molecule has 2 rings (SSSR count). The van der Waals surface area contributed by atoms with Crippen molar-refractivity contribution >= 4 is 21.6 Å². The van der Waals surface area contributed by atoms with Crippen LogP contribution in [0.5, 0.6) is 11.5 Å². The number of anilines is 1. The van der Waals surface area contributed by atoms with E-state index in [4.69, 9.17) is 15.2 Å². The standard InChI is InChI=1S/C14H13BrFNO2/c1-18-14-5-2-10(17)6-9(14)8-19-11-3-4-12(15)13(16)7-11/h2-7H,8,17H2,1H3. The van der Waals surface area contributed by atoms with Crippen molar-refractivity contribution in [3.8, 4) is 11.5 Å². The number of hydrogen-bond donors (Lipinski definition) is 1. The number of halogens is 2. The Kier molecular flexibility index (Phi) is 4.27. The van der Waals surface area contributed by atoms with Gasteiger partial charge in [0.15, 0.2) is 0 Å². The predicted molar refractivity (Wildman–Crippen MR) is 75.8 cm³/mol. The lowest BCUT2D eigenvalue weighted by molar-refractivity contribution is 0.295. The van der Waals surface area contributed by atoms with Gasteiger partial charge >= 0.3 is 0 Å². The Morgan fingerprint density at radius 2 is 2.00 bits per heavy atom. The molecular formula is C14H13BrFNO2. The second kappa shape index (κ2) is 5.93. The highest BCUT2D eigenvalue weighted by Gasteiger charge is 2.06. The largest absolute Gasteiger partial charge is 0.496 e. The fourth-order valence-electron chi connectivity index (χ4n) is 1.64. The molecule has 2 N–H and O–H groups in total. The molecule has 0 unspecified atom stereocenters. The van der Waals surface area contributed by atoms with Crippen LogP contribution in [-0.4, -0.2) is 7.11 Å². The first-order chi connectivity index (χ1) is 9.10. The summed E-state index contributed by atoms with van der Waals surface area (Å²) in [6, 6.07) is 9.90. The van der Waals surface area contributed by atoms with Crippen molar-refractivity contribution in [2.75, 3.05) is 12.8 Å². The van der Waals surface area contributed by atoms with Crippen molar-refractivity contribution < 1.29 is 13.9 Å². The molecule has 0 saturated heterocycles. The van der Waals surface area contributed by atoms with Gasteiger partial charge in [-0.25, -0.2) is 4.39 Å². The smallest absolute Gasteiger partial charge is 0.141 e. The van der Waals surface area contributed by atoms with Crippen LogP contribution in [0.1, 0.15) is 5.56 Å². The van der Waals surface area contributed by atoms with E-state index in [2.05, 4.69) is 15.9 Å². The van der Waals surface area contributed by atoms with Gasteiger partial charge < -0.3 is 15.2 Å². The van der Waals surface area contributed by atoms with Crippen LogP contribution in [0, 0.1) is 5.82 Å². The lowest BCUT2D eigenvalue weighted by atomic mass is 10.2. The van der Waals surface area contributed by atoms with Crippen molar-refractivity contribution in [1.29, 1.82) is 0 Å². The Morgan fingerprint density at radius 1 is 1.21 bits per heavy atom. The van der Waals surface area contributed by atoms with Crippen molar-refractivity contribution in [3.63, 3.8) is 0 Å². The summed E-state index contributed by atoms with van der Waals surface area (Å²) in [6.45, 7) is 0.259. The third-order valence-electron chi connectivity index (χ3n) is 2.59. The van der Waals surface area contributed by atoms with Crippen LogP contribution in [0.4, 0.5) is 10.1 Å². The molecule has 0 spiro atoms. The summed E-state index contributed by atoms with van der Waals surface area (Å²) in [5, 5.41) is 0. The highest BCUT2D eigenvalue weighted by molar-refractivity contribution is 9.10. The Hall–Kier alpha value is -1.75. The number of hydrogen-bond acceptors (Lipinski definition) is 3. The van der Waals surface area contributed by atoms with E-state index in [0.29, 0.717) is 21.7 Å². The third-order valence-corrected chi connectivity index (χ3v) is 3.23. The molecule has 3 nitrogen and oxygen atoms in total. The molecule has 2 aromatic rings. The average Bonchev–Trinajstić information content (AvgIpc) is 2.40. The average molecular weight is 326 g/mol. The molecule has 5 heteroatoms. The topological polar surface area (TPSA) is 44.5 Å². The van der Waals surface area contributed by atoms with Crippen LogP contribution in [0.25, 0.3) is 0 Å². The normalized spacial score (nSPS) is 10.3. The van der Waals surface area contributed by atoms with Gasteiger partial charge in [-0.2, -0.15) is 0 Å². The fourth-order valence-corrected chi connectivity index (χ4v) is 1.89. The molecule has 100 valence electrons. The summed E-state index contributed by atoms with van der Waals surface area (Å²) in [6.07, 6.45) is 0. The molecule has 0 atom stereocenters. The molecule has 0 aliphatic heterocycles. The van der Waals surface area contributed by atoms with Gasteiger partial charge in [0, 0.05) is 17.3 Å². The fraction of sp³-hybridized carbons (Fsp3) is 0.143. The second-order valence-electron chi connectivity index (χ2n) is 3.94. The van der Waals surface area contributed by atoms with Crippen LogP contribution in [-0.2, 0) is 6.61 Å². The van der Waals surface area contributed by atoms with Gasteiger partial charge in [-0.1, -0.05) is 0 Å². The summed E-state index contributed by atoms with van der Waals surface area (Å²) in [7, 11) is 1.58. The molecule has 0 radical (unpaired) electrons. The Balaban J connectivity index is 2.13. The van der Waals surface area contributed by atoms with Gasteiger partial charge in [-0.3, -0.25) is 0 Å². The third kappa shape index (κ3) is 3.38. The lowest BCUT2D eigenvalue weighted by Crippen LogP contribution is -2.00. The molecule has 0 aliphatic carbocycles. The van der Waals surface area contributed by atoms with E-state index in [0.717, 1.165) is 5.56 Å². The maximum absolute atomic E-state index is 13.3. The van der Waals surface area contributed by atoms with E-state index in [1.165, 1.54) is 6.07 Å². The summed E-state index contributed by atoms with van der Waals surface area (Å²) in [5.74, 6) is 0.772. The predicted octanol–water partition coefficient (Wildman–Crippen LogP) is 3.76. The summed E-state index contributed by atoms with van der Waals surface area (Å²) >= 11 is 3.09. The molecule has 0 saturated carbocycles.